The summed E-state index contributed by atoms with van der Waals surface area (Å²) >= 11 is 0. The summed E-state index contributed by atoms with van der Waals surface area (Å²) in [6.45, 7) is 2.85. The zero-order valence-corrected chi connectivity index (χ0v) is 9.53. The first-order valence-corrected chi connectivity index (χ1v) is 5.82. The highest BCUT2D eigenvalue weighted by Gasteiger charge is 2.20. The molecule has 0 radical (unpaired) electrons. The lowest BCUT2D eigenvalue weighted by Crippen LogP contribution is -2.34. The molecule has 0 aliphatic carbocycles. The average Bonchev–Trinajstić information content (AvgIpc) is 2.70. The van der Waals surface area contributed by atoms with Crippen molar-refractivity contribution in [1.29, 1.82) is 0 Å². The second kappa shape index (κ2) is 5.16. The highest BCUT2D eigenvalue weighted by atomic mass is 16.3. The van der Waals surface area contributed by atoms with Crippen LogP contribution in [0.4, 0.5) is 0 Å². The maximum absolute atomic E-state index is 11.4. The third kappa shape index (κ3) is 2.85. The quantitative estimate of drug-likeness (QED) is 0.816. The Morgan fingerprint density at radius 2 is 2.50 bits per heavy atom. The number of carbonyl (C=O) groups is 1. The predicted molar refractivity (Wildman–Crippen MR) is 60.9 cm³/mol. The zero-order valence-electron chi connectivity index (χ0n) is 9.53. The van der Waals surface area contributed by atoms with Crippen LogP contribution in [-0.4, -0.2) is 18.5 Å². The molecule has 88 valence electrons. The Balaban J connectivity index is 1.90. The molecule has 1 fully saturated rings. The lowest BCUT2D eigenvalue weighted by Gasteiger charge is -2.19. The Hall–Kier alpha value is -1.29. The van der Waals surface area contributed by atoms with E-state index in [1.807, 2.05) is 12.1 Å². The van der Waals surface area contributed by atoms with E-state index in [9.17, 15) is 4.79 Å². The summed E-state index contributed by atoms with van der Waals surface area (Å²) in [6.07, 6.45) is 4.30. The van der Waals surface area contributed by atoms with Crippen LogP contribution in [0.15, 0.2) is 22.8 Å². The number of hydrogen-bond donors (Lipinski definition) is 2. The molecule has 2 N–H and O–H groups in total. The van der Waals surface area contributed by atoms with Gasteiger partial charge in [0.15, 0.2) is 0 Å². The molecule has 1 aliphatic heterocycles. The van der Waals surface area contributed by atoms with E-state index in [-0.39, 0.29) is 18.0 Å². The summed E-state index contributed by atoms with van der Waals surface area (Å²) in [5, 5.41) is 6.32. The van der Waals surface area contributed by atoms with Gasteiger partial charge < -0.3 is 15.1 Å². The van der Waals surface area contributed by atoms with Gasteiger partial charge in [-0.2, -0.15) is 0 Å². The van der Waals surface area contributed by atoms with Crippen LogP contribution in [0.25, 0.3) is 0 Å². The fourth-order valence-corrected chi connectivity index (χ4v) is 2.09. The summed E-state index contributed by atoms with van der Waals surface area (Å²) < 4.78 is 5.33. The maximum atomic E-state index is 11.4. The topological polar surface area (TPSA) is 54.3 Å². The molecule has 2 rings (SSSR count). The molecule has 0 aromatic carbocycles. The number of amides is 1. The van der Waals surface area contributed by atoms with E-state index in [1.54, 1.807) is 6.26 Å². The van der Waals surface area contributed by atoms with E-state index in [2.05, 4.69) is 17.6 Å². The van der Waals surface area contributed by atoms with Crippen LogP contribution in [0.5, 0.6) is 0 Å². The minimum atomic E-state index is 0.140. The molecule has 4 nitrogen and oxygen atoms in total. The summed E-state index contributed by atoms with van der Waals surface area (Å²) in [5.74, 6) is 1.06. The van der Waals surface area contributed by atoms with Crippen molar-refractivity contribution in [2.24, 2.45) is 0 Å². The summed E-state index contributed by atoms with van der Waals surface area (Å²) in [7, 11) is 0. The molecule has 0 spiro atoms. The molecule has 4 heteroatoms. The lowest BCUT2D eigenvalue weighted by atomic mass is 10.1. The van der Waals surface area contributed by atoms with Crippen molar-refractivity contribution < 1.29 is 9.21 Å². The predicted octanol–water partition coefficient (Wildman–Crippen LogP) is 1.60. The minimum Gasteiger partial charge on any atom is -0.468 e. The standard InChI is InChI=1S/C12H18N2O2/c1-9(11-5-3-7-16-11)14-10-4-2-6-13-12(15)8-10/h3,5,7,9-10,14H,2,4,6,8H2,1H3,(H,13,15)/t9-,10?/m0/s1. The van der Waals surface area contributed by atoms with Gasteiger partial charge in [0.25, 0.3) is 0 Å². The van der Waals surface area contributed by atoms with Crippen molar-refractivity contribution in [3.63, 3.8) is 0 Å². The highest BCUT2D eigenvalue weighted by Crippen LogP contribution is 2.16. The fraction of sp³-hybridized carbons (Fsp3) is 0.583. The molecule has 1 aromatic rings. The molecule has 1 saturated heterocycles. The minimum absolute atomic E-state index is 0.140. The normalized spacial score (nSPS) is 23.6. The van der Waals surface area contributed by atoms with Crippen LogP contribution < -0.4 is 10.6 Å². The van der Waals surface area contributed by atoms with Crippen LogP contribution >= 0.6 is 0 Å². The smallest absolute Gasteiger partial charge is 0.221 e. The van der Waals surface area contributed by atoms with Crippen molar-refractivity contribution in [3.8, 4) is 0 Å². The Bertz CT molecular complexity index is 335. The first kappa shape index (κ1) is 11.2. The van der Waals surface area contributed by atoms with Crippen LogP contribution in [0, 0.1) is 0 Å². The van der Waals surface area contributed by atoms with Crippen molar-refractivity contribution in [2.45, 2.75) is 38.3 Å². The Labute approximate surface area is 95.4 Å². The molecule has 1 aromatic heterocycles. The van der Waals surface area contributed by atoms with E-state index in [0.717, 1.165) is 25.1 Å². The van der Waals surface area contributed by atoms with Gasteiger partial charge in [-0.3, -0.25) is 4.79 Å². The first-order valence-electron chi connectivity index (χ1n) is 5.82. The van der Waals surface area contributed by atoms with E-state index >= 15 is 0 Å². The van der Waals surface area contributed by atoms with E-state index in [4.69, 9.17) is 4.42 Å². The highest BCUT2D eigenvalue weighted by molar-refractivity contribution is 5.76. The maximum Gasteiger partial charge on any atom is 0.221 e. The number of rotatable bonds is 3. The molecule has 1 unspecified atom stereocenters. The van der Waals surface area contributed by atoms with Crippen molar-refractivity contribution >= 4 is 5.91 Å². The largest absolute Gasteiger partial charge is 0.468 e. The molecule has 1 aliphatic rings. The molecule has 0 saturated carbocycles. The van der Waals surface area contributed by atoms with Gasteiger partial charge in [0, 0.05) is 19.0 Å². The van der Waals surface area contributed by atoms with E-state index in [1.165, 1.54) is 0 Å². The van der Waals surface area contributed by atoms with Crippen LogP contribution in [0.2, 0.25) is 0 Å². The SMILES string of the molecule is C[C@H](NC1CCCNC(=O)C1)c1ccco1. The first-order chi connectivity index (χ1) is 7.75. The van der Waals surface area contributed by atoms with Gasteiger partial charge >= 0.3 is 0 Å². The number of hydrogen-bond acceptors (Lipinski definition) is 3. The van der Waals surface area contributed by atoms with Gasteiger partial charge in [-0.1, -0.05) is 0 Å². The van der Waals surface area contributed by atoms with E-state index < -0.39 is 0 Å². The molecule has 16 heavy (non-hydrogen) atoms. The summed E-state index contributed by atoms with van der Waals surface area (Å²) in [6, 6.07) is 4.25. The number of furan rings is 1. The second-order valence-electron chi connectivity index (χ2n) is 4.30. The van der Waals surface area contributed by atoms with Gasteiger partial charge in [-0.05, 0) is 31.9 Å². The van der Waals surface area contributed by atoms with Gasteiger partial charge in [0.05, 0.1) is 12.3 Å². The zero-order chi connectivity index (χ0) is 11.4. The van der Waals surface area contributed by atoms with Gasteiger partial charge in [0.2, 0.25) is 5.91 Å². The van der Waals surface area contributed by atoms with Gasteiger partial charge in [-0.25, -0.2) is 0 Å². The van der Waals surface area contributed by atoms with Crippen molar-refractivity contribution in [2.75, 3.05) is 6.54 Å². The van der Waals surface area contributed by atoms with Crippen LogP contribution in [0.1, 0.15) is 38.0 Å². The molecule has 0 bridgehead atoms. The Kier molecular flexibility index (Phi) is 3.62. The number of nitrogens with one attached hydrogen (secondary N) is 2. The average molecular weight is 222 g/mol. The monoisotopic (exact) mass is 222 g/mol. The van der Waals surface area contributed by atoms with Crippen LogP contribution in [-0.2, 0) is 4.79 Å². The molecular weight excluding hydrogens is 204 g/mol. The fourth-order valence-electron chi connectivity index (χ4n) is 2.09. The van der Waals surface area contributed by atoms with Crippen LogP contribution in [0.3, 0.4) is 0 Å². The van der Waals surface area contributed by atoms with Crippen molar-refractivity contribution in [3.05, 3.63) is 24.2 Å². The lowest BCUT2D eigenvalue weighted by molar-refractivity contribution is -0.121. The van der Waals surface area contributed by atoms with E-state index in [0.29, 0.717) is 6.42 Å². The van der Waals surface area contributed by atoms with Gasteiger partial charge in [0.1, 0.15) is 5.76 Å². The second-order valence-corrected chi connectivity index (χ2v) is 4.30. The number of carbonyl (C=O) groups excluding carboxylic acids is 1. The molecule has 2 heterocycles. The Morgan fingerprint density at radius 3 is 3.25 bits per heavy atom. The summed E-state index contributed by atoms with van der Waals surface area (Å²) in [5.41, 5.74) is 0. The third-order valence-corrected chi connectivity index (χ3v) is 2.94. The molecule has 1 amide bonds. The summed E-state index contributed by atoms with van der Waals surface area (Å²) in [4.78, 5) is 11.4. The third-order valence-electron chi connectivity index (χ3n) is 2.94. The molecular formula is C12H18N2O2. The van der Waals surface area contributed by atoms with Gasteiger partial charge in [-0.15, -0.1) is 0 Å². The Morgan fingerprint density at radius 1 is 1.62 bits per heavy atom. The van der Waals surface area contributed by atoms with Crippen molar-refractivity contribution in [1.82, 2.24) is 10.6 Å². The molecule has 2 atom stereocenters.